The van der Waals surface area contributed by atoms with Gasteiger partial charge in [0.05, 0.1) is 4.99 Å². The van der Waals surface area contributed by atoms with Crippen LogP contribution >= 0.6 is 12.2 Å². The highest BCUT2D eigenvalue weighted by Crippen LogP contribution is 2.29. The first-order valence-electron chi connectivity index (χ1n) is 5.23. The average Bonchev–Trinajstić information content (AvgIpc) is 2.87. The Morgan fingerprint density at radius 1 is 1.54 bits per heavy atom. The molecule has 0 amide bonds. The summed E-state index contributed by atoms with van der Waals surface area (Å²) in [4.78, 5) is 3.21. The molecule has 0 aliphatic heterocycles. The molecule has 1 atom stereocenters. The van der Waals surface area contributed by atoms with Crippen LogP contribution in [0.5, 0.6) is 0 Å². The number of thiocarbonyl (C=S) groups is 1. The van der Waals surface area contributed by atoms with Crippen LogP contribution in [0, 0.1) is 0 Å². The van der Waals surface area contributed by atoms with Crippen molar-refractivity contribution >= 4 is 17.2 Å². The summed E-state index contributed by atoms with van der Waals surface area (Å²) in [6.45, 7) is 5.57. The lowest BCUT2D eigenvalue weighted by Gasteiger charge is -2.29. The summed E-state index contributed by atoms with van der Waals surface area (Å²) in [7, 11) is 0. The quantitative estimate of drug-likeness (QED) is 0.664. The van der Waals surface area contributed by atoms with Crippen LogP contribution in [0.2, 0.25) is 0 Å². The fourth-order valence-electron chi connectivity index (χ4n) is 1.95. The first-order valence-corrected chi connectivity index (χ1v) is 5.63. The van der Waals surface area contributed by atoms with Gasteiger partial charge in [0.1, 0.15) is 0 Å². The molecular formula is C10H20N2S. The van der Waals surface area contributed by atoms with E-state index < -0.39 is 0 Å². The molecule has 1 aliphatic rings. The summed E-state index contributed by atoms with van der Waals surface area (Å²) in [5, 5.41) is 0. The Labute approximate surface area is 86.5 Å². The molecule has 0 aromatic carbocycles. The molecule has 76 valence electrons. The van der Waals surface area contributed by atoms with Gasteiger partial charge in [-0.1, -0.05) is 26.1 Å². The fourth-order valence-corrected chi connectivity index (χ4v) is 2.14. The molecule has 1 unspecified atom stereocenters. The van der Waals surface area contributed by atoms with Crippen LogP contribution in [-0.4, -0.2) is 28.5 Å². The molecule has 0 aromatic rings. The Balaban J connectivity index is 2.45. The topological polar surface area (TPSA) is 29.3 Å². The van der Waals surface area contributed by atoms with Crippen LogP contribution in [-0.2, 0) is 0 Å². The van der Waals surface area contributed by atoms with Crippen LogP contribution in [0.3, 0.4) is 0 Å². The molecule has 1 aliphatic carbocycles. The summed E-state index contributed by atoms with van der Waals surface area (Å²) >= 11 is 4.96. The molecular weight excluding hydrogens is 180 g/mol. The normalized spacial score (nSPS) is 19.0. The van der Waals surface area contributed by atoms with E-state index in [2.05, 4.69) is 18.7 Å². The van der Waals surface area contributed by atoms with Crippen molar-refractivity contribution in [2.24, 2.45) is 5.73 Å². The standard InChI is InChI=1S/C10H20N2S/c1-3-8(7-10(11)13)12(4-2)9-5-6-9/h8-9H,3-7H2,1-2H3,(H2,11,13). The van der Waals surface area contributed by atoms with Crippen molar-refractivity contribution in [3.8, 4) is 0 Å². The highest BCUT2D eigenvalue weighted by molar-refractivity contribution is 7.80. The second-order valence-electron chi connectivity index (χ2n) is 3.79. The summed E-state index contributed by atoms with van der Waals surface area (Å²) in [5.74, 6) is 0. The predicted molar refractivity (Wildman–Crippen MR) is 60.9 cm³/mol. The minimum atomic E-state index is 0.579. The second kappa shape index (κ2) is 4.91. The maximum absolute atomic E-state index is 5.59. The first-order chi connectivity index (χ1) is 6.19. The molecule has 1 rings (SSSR count). The highest BCUT2D eigenvalue weighted by Gasteiger charge is 2.31. The molecule has 0 bridgehead atoms. The molecule has 0 spiro atoms. The van der Waals surface area contributed by atoms with Crippen molar-refractivity contribution in [3.63, 3.8) is 0 Å². The van der Waals surface area contributed by atoms with Crippen LogP contribution in [0.15, 0.2) is 0 Å². The summed E-state index contributed by atoms with van der Waals surface area (Å²) in [6.07, 6.45) is 4.77. The third-order valence-corrected chi connectivity index (χ3v) is 2.92. The first kappa shape index (κ1) is 10.9. The molecule has 2 nitrogen and oxygen atoms in total. The van der Waals surface area contributed by atoms with Crippen molar-refractivity contribution in [3.05, 3.63) is 0 Å². The fraction of sp³-hybridized carbons (Fsp3) is 0.900. The Hall–Kier alpha value is -0.150. The molecule has 1 fully saturated rings. The van der Waals surface area contributed by atoms with Crippen LogP contribution in [0.4, 0.5) is 0 Å². The molecule has 0 radical (unpaired) electrons. The van der Waals surface area contributed by atoms with E-state index in [-0.39, 0.29) is 0 Å². The Bertz CT molecular complexity index is 178. The van der Waals surface area contributed by atoms with E-state index in [1.807, 2.05) is 0 Å². The van der Waals surface area contributed by atoms with Gasteiger partial charge in [0, 0.05) is 18.5 Å². The van der Waals surface area contributed by atoms with E-state index in [1.54, 1.807) is 0 Å². The Morgan fingerprint density at radius 3 is 2.46 bits per heavy atom. The van der Waals surface area contributed by atoms with Gasteiger partial charge in [0.2, 0.25) is 0 Å². The lowest BCUT2D eigenvalue weighted by atomic mass is 10.1. The van der Waals surface area contributed by atoms with E-state index >= 15 is 0 Å². The molecule has 1 saturated carbocycles. The van der Waals surface area contributed by atoms with E-state index in [9.17, 15) is 0 Å². The minimum absolute atomic E-state index is 0.579. The van der Waals surface area contributed by atoms with Crippen molar-refractivity contribution in [2.45, 2.75) is 51.6 Å². The van der Waals surface area contributed by atoms with Crippen molar-refractivity contribution in [2.75, 3.05) is 6.54 Å². The molecule has 13 heavy (non-hydrogen) atoms. The molecule has 3 heteroatoms. The Kier molecular flexibility index (Phi) is 4.13. The van der Waals surface area contributed by atoms with Crippen molar-refractivity contribution in [1.29, 1.82) is 0 Å². The number of rotatable bonds is 6. The zero-order valence-corrected chi connectivity index (χ0v) is 9.44. The van der Waals surface area contributed by atoms with Gasteiger partial charge < -0.3 is 5.73 Å². The van der Waals surface area contributed by atoms with E-state index in [0.717, 1.165) is 25.4 Å². The van der Waals surface area contributed by atoms with E-state index in [4.69, 9.17) is 18.0 Å². The van der Waals surface area contributed by atoms with E-state index in [1.165, 1.54) is 12.8 Å². The maximum atomic E-state index is 5.59. The number of nitrogens with zero attached hydrogens (tertiary/aromatic N) is 1. The van der Waals surface area contributed by atoms with Gasteiger partial charge in [-0.25, -0.2) is 0 Å². The maximum Gasteiger partial charge on any atom is 0.0743 e. The predicted octanol–water partition coefficient (Wildman–Crippen LogP) is 1.93. The third kappa shape index (κ3) is 3.24. The molecule has 0 aromatic heterocycles. The number of hydrogen-bond donors (Lipinski definition) is 1. The van der Waals surface area contributed by atoms with Gasteiger partial charge in [0.15, 0.2) is 0 Å². The van der Waals surface area contributed by atoms with Gasteiger partial charge in [-0.05, 0) is 25.8 Å². The summed E-state index contributed by atoms with van der Waals surface area (Å²) in [5.41, 5.74) is 5.59. The SMILES string of the molecule is CCC(CC(N)=S)N(CC)C1CC1. The zero-order chi connectivity index (χ0) is 9.84. The third-order valence-electron chi connectivity index (χ3n) is 2.76. The second-order valence-corrected chi connectivity index (χ2v) is 4.32. The van der Waals surface area contributed by atoms with Gasteiger partial charge >= 0.3 is 0 Å². The average molecular weight is 200 g/mol. The van der Waals surface area contributed by atoms with Crippen molar-refractivity contribution < 1.29 is 0 Å². The van der Waals surface area contributed by atoms with Crippen LogP contribution in [0.1, 0.15) is 39.5 Å². The smallest absolute Gasteiger partial charge is 0.0743 e. The van der Waals surface area contributed by atoms with E-state index in [0.29, 0.717) is 11.0 Å². The molecule has 2 N–H and O–H groups in total. The number of nitrogens with two attached hydrogens (primary N) is 1. The lowest BCUT2D eigenvalue weighted by molar-refractivity contribution is 0.195. The largest absolute Gasteiger partial charge is 0.393 e. The van der Waals surface area contributed by atoms with Gasteiger partial charge in [0.25, 0.3) is 0 Å². The van der Waals surface area contributed by atoms with Gasteiger partial charge in [-0.2, -0.15) is 0 Å². The monoisotopic (exact) mass is 200 g/mol. The summed E-state index contributed by atoms with van der Waals surface area (Å²) in [6, 6.07) is 1.40. The zero-order valence-electron chi connectivity index (χ0n) is 8.62. The van der Waals surface area contributed by atoms with Crippen LogP contribution < -0.4 is 5.73 Å². The van der Waals surface area contributed by atoms with Crippen LogP contribution in [0.25, 0.3) is 0 Å². The molecule has 0 saturated heterocycles. The van der Waals surface area contributed by atoms with Crippen molar-refractivity contribution in [1.82, 2.24) is 4.90 Å². The molecule has 0 heterocycles. The van der Waals surface area contributed by atoms with Gasteiger partial charge in [-0.15, -0.1) is 0 Å². The highest BCUT2D eigenvalue weighted by atomic mass is 32.1. The lowest BCUT2D eigenvalue weighted by Crippen LogP contribution is -2.38. The Morgan fingerprint density at radius 2 is 2.15 bits per heavy atom. The summed E-state index contributed by atoms with van der Waals surface area (Å²) < 4.78 is 0. The number of hydrogen-bond acceptors (Lipinski definition) is 2. The minimum Gasteiger partial charge on any atom is -0.393 e. The van der Waals surface area contributed by atoms with Gasteiger partial charge in [-0.3, -0.25) is 4.90 Å².